The molecule has 0 saturated carbocycles. The topological polar surface area (TPSA) is 50.8 Å². The van der Waals surface area contributed by atoms with Crippen LogP contribution in [0.15, 0.2) is 36.0 Å². The molecule has 0 unspecified atom stereocenters. The monoisotopic (exact) mass is 368 g/mol. The van der Waals surface area contributed by atoms with Gasteiger partial charge in [0, 0.05) is 19.6 Å². The first-order valence-electron chi connectivity index (χ1n) is 9.24. The maximum atomic E-state index is 13.8. The molecule has 0 aromatic heterocycles. The number of amides is 1. The molecule has 1 N–H and O–H groups in total. The molecule has 1 amide bonds. The van der Waals surface area contributed by atoms with Gasteiger partial charge in [0.15, 0.2) is 11.6 Å². The summed E-state index contributed by atoms with van der Waals surface area (Å²) in [7, 11) is 0. The summed E-state index contributed by atoms with van der Waals surface area (Å²) < 4.78 is 24.5. The summed E-state index contributed by atoms with van der Waals surface area (Å²) >= 11 is 0. The minimum absolute atomic E-state index is 0.205. The summed E-state index contributed by atoms with van der Waals surface area (Å²) in [6, 6.07) is 0. The van der Waals surface area contributed by atoms with E-state index in [9.17, 15) is 9.18 Å². The van der Waals surface area contributed by atoms with Gasteiger partial charge in [-0.15, -0.1) is 0 Å². The van der Waals surface area contributed by atoms with Crippen molar-refractivity contribution in [2.24, 2.45) is 5.92 Å². The zero-order chi connectivity index (χ0) is 19.7. The molecule has 1 saturated heterocycles. The highest BCUT2D eigenvalue weighted by atomic mass is 19.1. The van der Waals surface area contributed by atoms with Gasteiger partial charge < -0.3 is 19.7 Å². The lowest BCUT2D eigenvalue weighted by molar-refractivity contribution is 0.0512. The number of likely N-dealkylation sites (tertiary alicyclic amines) is 1. The van der Waals surface area contributed by atoms with Gasteiger partial charge in [-0.1, -0.05) is 12.7 Å². The van der Waals surface area contributed by atoms with Crippen LogP contribution in [0.3, 0.4) is 0 Å². The molecule has 148 valence electrons. The second-order valence-electron chi connectivity index (χ2n) is 7.37. The predicted molar refractivity (Wildman–Crippen MR) is 102 cm³/mol. The Labute approximate surface area is 156 Å². The number of halogens is 1. The van der Waals surface area contributed by atoms with E-state index in [0.717, 1.165) is 31.6 Å². The Morgan fingerprint density at radius 1 is 1.35 bits per heavy atom. The zero-order valence-electron chi connectivity index (χ0n) is 16.7. The summed E-state index contributed by atoms with van der Waals surface area (Å²) in [6.07, 6.45) is 5.13. The van der Waals surface area contributed by atoms with Gasteiger partial charge in [-0.05, 0) is 59.5 Å². The van der Waals surface area contributed by atoms with Crippen molar-refractivity contribution in [3.05, 3.63) is 36.0 Å². The Hall–Kier alpha value is -1.98. The molecular weight excluding hydrogens is 335 g/mol. The number of allylic oxidation sites excluding steroid dienone is 3. The predicted octanol–water partition coefficient (Wildman–Crippen LogP) is 4.53. The second kappa shape index (κ2) is 10.2. The Morgan fingerprint density at radius 3 is 2.42 bits per heavy atom. The molecule has 6 heteroatoms. The number of carbonyl (C=O) groups excluding carboxylic acids is 1. The molecule has 0 radical (unpaired) electrons. The molecule has 0 aromatic carbocycles. The molecule has 0 aromatic rings. The standard InChI is InChI=1S/C20H33FN2O3/c1-7-9-17(18(15(3)21)25-8-2)23-12-10-16(11-13-23)14-22-19(24)26-20(4,5)6/h7,9,16H,3,8,10-14H2,1-2,4-6H3,(H,22,24)/b9-7?,18-17-. The zero-order valence-corrected chi connectivity index (χ0v) is 16.7. The van der Waals surface area contributed by atoms with Crippen molar-refractivity contribution in [1.29, 1.82) is 0 Å². The van der Waals surface area contributed by atoms with Crippen molar-refractivity contribution in [1.82, 2.24) is 10.2 Å². The average molecular weight is 368 g/mol. The summed E-state index contributed by atoms with van der Waals surface area (Å²) in [5, 5.41) is 2.83. The van der Waals surface area contributed by atoms with E-state index >= 15 is 0 Å². The number of ether oxygens (including phenoxy) is 2. The van der Waals surface area contributed by atoms with Crippen molar-refractivity contribution in [2.75, 3.05) is 26.2 Å². The van der Waals surface area contributed by atoms with E-state index in [1.807, 2.05) is 46.8 Å². The number of hydrogen-bond donors (Lipinski definition) is 1. The average Bonchev–Trinajstić information content (AvgIpc) is 2.55. The third kappa shape index (κ3) is 7.50. The van der Waals surface area contributed by atoms with Crippen molar-refractivity contribution < 1.29 is 18.7 Å². The van der Waals surface area contributed by atoms with Gasteiger partial charge in [0.25, 0.3) is 0 Å². The molecule has 1 rings (SSSR count). The first-order valence-corrected chi connectivity index (χ1v) is 9.24. The van der Waals surface area contributed by atoms with E-state index in [1.165, 1.54) is 0 Å². The number of nitrogens with one attached hydrogen (secondary N) is 1. The van der Waals surface area contributed by atoms with Crippen LogP contribution < -0.4 is 5.32 Å². The van der Waals surface area contributed by atoms with E-state index in [4.69, 9.17) is 9.47 Å². The van der Waals surface area contributed by atoms with Crippen LogP contribution in [0, 0.1) is 5.92 Å². The SMILES string of the molecule is C=C(F)/C(OCC)=C(\C=CC)N1CCC(CNC(=O)OC(C)(C)C)CC1. The van der Waals surface area contributed by atoms with Gasteiger partial charge in [0.1, 0.15) is 5.60 Å². The van der Waals surface area contributed by atoms with Crippen LogP contribution >= 0.6 is 0 Å². The fourth-order valence-electron chi connectivity index (χ4n) is 2.84. The largest absolute Gasteiger partial charge is 0.489 e. The van der Waals surface area contributed by atoms with Crippen LogP contribution in [0.5, 0.6) is 0 Å². The number of nitrogens with zero attached hydrogens (tertiary/aromatic N) is 1. The van der Waals surface area contributed by atoms with E-state index in [2.05, 4.69) is 16.8 Å². The Kier molecular flexibility index (Phi) is 8.69. The molecule has 1 aliphatic rings. The van der Waals surface area contributed by atoms with Crippen LogP contribution in [0.2, 0.25) is 0 Å². The third-order valence-electron chi connectivity index (χ3n) is 3.98. The second-order valence-corrected chi connectivity index (χ2v) is 7.37. The van der Waals surface area contributed by atoms with Gasteiger partial charge in [0.05, 0.1) is 12.3 Å². The van der Waals surface area contributed by atoms with Gasteiger partial charge >= 0.3 is 6.09 Å². The maximum absolute atomic E-state index is 13.8. The molecule has 1 heterocycles. The van der Waals surface area contributed by atoms with E-state index < -0.39 is 11.4 Å². The molecule has 26 heavy (non-hydrogen) atoms. The Bertz CT molecular complexity index is 542. The molecule has 0 spiro atoms. The van der Waals surface area contributed by atoms with Crippen molar-refractivity contribution >= 4 is 6.09 Å². The minimum Gasteiger partial charge on any atom is -0.489 e. The molecular formula is C20H33FN2O3. The normalized spacial score (nSPS) is 17.1. The highest BCUT2D eigenvalue weighted by Crippen LogP contribution is 2.26. The first kappa shape index (κ1) is 22.1. The lowest BCUT2D eigenvalue weighted by Crippen LogP contribution is -2.40. The Balaban J connectivity index is 2.64. The number of piperidine rings is 1. The quantitative estimate of drug-likeness (QED) is 0.530. The van der Waals surface area contributed by atoms with Crippen LogP contribution in [0.1, 0.15) is 47.5 Å². The fraction of sp³-hybridized carbons (Fsp3) is 0.650. The van der Waals surface area contributed by atoms with Crippen LogP contribution in [0.4, 0.5) is 9.18 Å². The van der Waals surface area contributed by atoms with E-state index in [1.54, 1.807) is 0 Å². The Morgan fingerprint density at radius 2 is 1.96 bits per heavy atom. The van der Waals surface area contributed by atoms with Crippen molar-refractivity contribution in [3.63, 3.8) is 0 Å². The fourth-order valence-corrected chi connectivity index (χ4v) is 2.84. The van der Waals surface area contributed by atoms with Gasteiger partial charge in [0.2, 0.25) is 0 Å². The molecule has 0 bridgehead atoms. The molecule has 1 aliphatic heterocycles. The number of hydrogen-bond acceptors (Lipinski definition) is 4. The number of carbonyl (C=O) groups is 1. The number of alkyl carbamates (subject to hydrolysis) is 1. The maximum Gasteiger partial charge on any atom is 0.407 e. The summed E-state index contributed by atoms with van der Waals surface area (Å²) in [5.41, 5.74) is 0.227. The van der Waals surface area contributed by atoms with Gasteiger partial charge in [-0.2, -0.15) is 0 Å². The lowest BCUT2D eigenvalue weighted by atomic mass is 9.96. The van der Waals surface area contributed by atoms with Crippen LogP contribution in [-0.4, -0.2) is 42.8 Å². The van der Waals surface area contributed by atoms with Crippen LogP contribution in [-0.2, 0) is 9.47 Å². The smallest absolute Gasteiger partial charge is 0.407 e. The first-order chi connectivity index (χ1) is 12.2. The molecule has 0 aliphatic carbocycles. The summed E-state index contributed by atoms with van der Waals surface area (Å²) in [6.45, 7) is 15.1. The van der Waals surface area contributed by atoms with E-state index in [-0.39, 0.29) is 11.9 Å². The number of rotatable bonds is 7. The van der Waals surface area contributed by atoms with Gasteiger partial charge in [-0.3, -0.25) is 0 Å². The van der Waals surface area contributed by atoms with Crippen molar-refractivity contribution in [3.8, 4) is 0 Å². The molecule has 0 atom stereocenters. The summed E-state index contributed by atoms with van der Waals surface area (Å²) in [5.74, 6) is 0.0133. The summed E-state index contributed by atoms with van der Waals surface area (Å²) in [4.78, 5) is 13.9. The third-order valence-corrected chi connectivity index (χ3v) is 3.98. The minimum atomic E-state index is -0.561. The lowest BCUT2D eigenvalue weighted by Gasteiger charge is -2.35. The molecule has 1 fully saturated rings. The molecule has 5 nitrogen and oxygen atoms in total. The highest BCUT2D eigenvalue weighted by molar-refractivity contribution is 5.67. The van der Waals surface area contributed by atoms with Crippen molar-refractivity contribution in [2.45, 2.75) is 53.1 Å². The van der Waals surface area contributed by atoms with Crippen LogP contribution in [0.25, 0.3) is 0 Å². The van der Waals surface area contributed by atoms with E-state index in [0.29, 0.717) is 19.1 Å². The van der Waals surface area contributed by atoms with Gasteiger partial charge in [-0.25, -0.2) is 9.18 Å². The highest BCUT2D eigenvalue weighted by Gasteiger charge is 2.24.